The van der Waals surface area contributed by atoms with Crippen LogP contribution in [0.15, 0.2) is 71.6 Å². The van der Waals surface area contributed by atoms with E-state index in [0.29, 0.717) is 38.2 Å². The Morgan fingerprint density at radius 3 is 2.55 bits per heavy atom. The van der Waals surface area contributed by atoms with E-state index >= 15 is 0 Å². The molecule has 0 aliphatic carbocycles. The highest BCUT2D eigenvalue weighted by molar-refractivity contribution is 8.19. The molecule has 1 heterocycles. The highest BCUT2D eigenvalue weighted by Crippen LogP contribution is 2.37. The smallest absolute Gasteiger partial charge is 0.298 e. The fraction of sp³-hybridized carbons (Fsp3) is 0.0800. The Hall–Kier alpha value is -3.73. The van der Waals surface area contributed by atoms with Crippen LogP contribution in [0.1, 0.15) is 16.7 Å². The Morgan fingerprint density at radius 2 is 1.82 bits per heavy atom. The van der Waals surface area contributed by atoms with E-state index in [4.69, 9.17) is 21.1 Å². The molecule has 3 aromatic rings. The number of nitrogens with zero attached hydrogens (tertiary/aromatic N) is 2. The molecule has 1 fully saturated rings. The highest BCUT2D eigenvalue weighted by Gasteiger charge is 2.36. The Balaban J connectivity index is 1.54. The summed E-state index contributed by atoms with van der Waals surface area (Å²) < 4.78 is 11.3. The molecule has 6 nitrogen and oxygen atoms in total. The second-order valence-corrected chi connectivity index (χ2v) is 8.39. The second-order valence-electron chi connectivity index (χ2n) is 6.96. The zero-order chi connectivity index (χ0) is 23.4. The first-order valence-electron chi connectivity index (χ1n) is 9.82. The third-order valence-electron chi connectivity index (χ3n) is 4.88. The lowest BCUT2D eigenvalue weighted by Crippen LogP contribution is -2.27. The number of carbonyl (C=O) groups excluding carboxylic acids is 2. The highest BCUT2D eigenvalue weighted by atomic mass is 35.5. The maximum absolute atomic E-state index is 12.8. The van der Waals surface area contributed by atoms with Crippen LogP contribution < -0.4 is 14.4 Å². The zero-order valence-electron chi connectivity index (χ0n) is 17.4. The summed E-state index contributed by atoms with van der Waals surface area (Å²) >= 11 is 6.77. The number of imide groups is 1. The lowest BCUT2D eigenvalue weighted by molar-refractivity contribution is -0.113. The molecule has 8 heteroatoms. The van der Waals surface area contributed by atoms with Crippen molar-refractivity contribution in [1.82, 2.24) is 0 Å². The predicted octanol–water partition coefficient (Wildman–Crippen LogP) is 6.04. The Kier molecular flexibility index (Phi) is 6.68. The maximum Gasteiger partial charge on any atom is 0.298 e. The van der Waals surface area contributed by atoms with E-state index in [1.54, 1.807) is 60.7 Å². The van der Waals surface area contributed by atoms with Gasteiger partial charge in [0.1, 0.15) is 6.61 Å². The minimum atomic E-state index is -0.403. The summed E-state index contributed by atoms with van der Waals surface area (Å²) in [4.78, 5) is 26.7. The van der Waals surface area contributed by atoms with Gasteiger partial charge in [-0.1, -0.05) is 35.9 Å². The van der Waals surface area contributed by atoms with Crippen LogP contribution in [0.3, 0.4) is 0 Å². The molecule has 164 valence electrons. The summed E-state index contributed by atoms with van der Waals surface area (Å²) in [5, 5.41) is 9.37. The van der Waals surface area contributed by atoms with E-state index in [1.807, 2.05) is 12.1 Å². The average Bonchev–Trinajstić information content (AvgIpc) is 3.11. The fourth-order valence-electron chi connectivity index (χ4n) is 3.24. The predicted molar refractivity (Wildman–Crippen MR) is 128 cm³/mol. The molecule has 33 heavy (non-hydrogen) atoms. The first kappa shape index (κ1) is 22.5. The molecule has 1 aliphatic rings. The van der Waals surface area contributed by atoms with Crippen LogP contribution >= 0.6 is 23.4 Å². The SMILES string of the molecule is COc1cc(/C=C2\SC(=O)N(c3ccc(Cl)cc3)C2=O)ccc1OCc1ccccc1C#N. The van der Waals surface area contributed by atoms with Gasteiger partial charge in [-0.3, -0.25) is 9.59 Å². The Labute approximate surface area is 200 Å². The molecule has 0 aromatic heterocycles. The third-order valence-corrected chi connectivity index (χ3v) is 6.01. The van der Waals surface area contributed by atoms with Crippen molar-refractivity contribution in [2.24, 2.45) is 0 Å². The van der Waals surface area contributed by atoms with Crippen molar-refractivity contribution < 1.29 is 19.1 Å². The number of hydrogen-bond donors (Lipinski definition) is 0. The van der Waals surface area contributed by atoms with Gasteiger partial charge in [-0.05, 0) is 65.9 Å². The monoisotopic (exact) mass is 476 g/mol. The van der Waals surface area contributed by atoms with Gasteiger partial charge >= 0.3 is 0 Å². The number of rotatable bonds is 6. The van der Waals surface area contributed by atoms with E-state index < -0.39 is 5.91 Å². The normalized spacial score (nSPS) is 14.5. The quantitative estimate of drug-likeness (QED) is 0.403. The van der Waals surface area contributed by atoms with Crippen molar-refractivity contribution in [1.29, 1.82) is 5.26 Å². The van der Waals surface area contributed by atoms with E-state index in [2.05, 4.69) is 6.07 Å². The summed E-state index contributed by atoms with van der Waals surface area (Å²) in [6.45, 7) is 0.208. The zero-order valence-corrected chi connectivity index (χ0v) is 19.0. The van der Waals surface area contributed by atoms with Gasteiger partial charge in [0, 0.05) is 10.6 Å². The minimum Gasteiger partial charge on any atom is -0.493 e. The van der Waals surface area contributed by atoms with Crippen molar-refractivity contribution in [3.63, 3.8) is 0 Å². The standard InChI is InChI=1S/C25H17ClN2O4S/c1-31-22-12-16(6-11-21(22)32-15-18-5-3-2-4-17(18)14-27)13-23-24(29)28(25(30)33-23)20-9-7-19(26)8-10-20/h2-13H,15H2,1H3/b23-13-. The van der Waals surface area contributed by atoms with Crippen LogP contribution in [0, 0.1) is 11.3 Å². The summed E-state index contributed by atoms with van der Waals surface area (Å²) in [6, 6.07) is 21.1. The number of nitriles is 1. The van der Waals surface area contributed by atoms with Crippen LogP contribution in [0.25, 0.3) is 6.08 Å². The van der Waals surface area contributed by atoms with Crippen LogP contribution in [0.2, 0.25) is 5.02 Å². The molecule has 4 rings (SSSR count). The molecule has 0 spiro atoms. The molecular weight excluding hydrogens is 460 g/mol. The van der Waals surface area contributed by atoms with Gasteiger partial charge in [0.2, 0.25) is 0 Å². The molecule has 0 saturated carbocycles. The number of benzene rings is 3. The van der Waals surface area contributed by atoms with Crippen molar-refractivity contribution in [2.45, 2.75) is 6.61 Å². The number of anilines is 1. The van der Waals surface area contributed by atoms with Gasteiger partial charge in [-0.25, -0.2) is 4.90 Å². The molecule has 0 N–H and O–H groups in total. The molecule has 0 radical (unpaired) electrons. The number of ether oxygens (including phenoxy) is 2. The molecule has 3 aromatic carbocycles. The number of halogens is 1. The van der Waals surface area contributed by atoms with Gasteiger partial charge in [0.05, 0.1) is 29.3 Å². The van der Waals surface area contributed by atoms with Crippen LogP contribution in [-0.2, 0) is 11.4 Å². The summed E-state index contributed by atoms with van der Waals surface area (Å²) in [5.74, 6) is 0.562. The van der Waals surface area contributed by atoms with Crippen LogP contribution in [0.4, 0.5) is 10.5 Å². The number of thioether (sulfide) groups is 1. The van der Waals surface area contributed by atoms with Crippen LogP contribution in [0.5, 0.6) is 11.5 Å². The first-order chi connectivity index (χ1) is 16.0. The number of carbonyl (C=O) groups is 2. The third kappa shape index (κ3) is 4.87. The molecule has 0 unspecified atom stereocenters. The number of amides is 2. The second kappa shape index (κ2) is 9.82. The van der Waals surface area contributed by atoms with Gasteiger partial charge in [-0.2, -0.15) is 5.26 Å². The van der Waals surface area contributed by atoms with Crippen LogP contribution in [-0.4, -0.2) is 18.3 Å². The summed E-state index contributed by atoms with van der Waals surface area (Å²) in [5.41, 5.74) is 2.45. The number of hydrogen-bond acceptors (Lipinski definition) is 6. The van der Waals surface area contributed by atoms with E-state index in [0.717, 1.165) is 22.2 Å². The van der Waals surface area contributed by atoms with Crippen molar-refractivity contribution >= 4 is 46.3 Å². The molecule has 1 aliphatic heterocycles. The largest absolute Gasteiger partial charge is 0.493 e. The Morgan fingerprint density at radius 1 is 1.06 bits per heavy atom. The van der Waals surface area contributed by atoms with Crippen molar-refractivity contribution in [3.8, 4) is 17.6 Å². The average molecular weight is 477 g/mol. The lowest BCUT2D eigenvalue weighted by Gasteiger charge is -2.13. The minimum absolute atomic E-state index is 0.208. The first-order valence-corrected chi connectivity index (χ1v) is 11.0. The van der Waals surface area contributed by atoms with Gasteiger partial charge in [0.25, 0.3) is 11.1 Å². The fourth-order valence-corrected chi connectivity index (χ4v) is 4.20. The lowest BCUT2D eigenvalue weighted by atomic mass is 10.1. The van der Waals surface area contributed by atoms with Crippen molar-refractivity contribution in [2.75, 3.05) is 12.0 Å². The topological polar surface area (TPSA) is 79.6 Å². The molecule has 0 bridgehead atoms. The Bertz CT molecular complexity index is 1300. The molecule has 1 saturated heterocycles. The van der Waals surface area contributed by atoms with Gasteiger partial charge in [0.15, 0.2) is 11.5 Å². The van der Waals surface area contributed by atoms with Crippen molar-refractivity contribution in [3.05, 3.63) is 93.3 Å². The van der Waals surface area contributed by atoms with Gasteiger partial charge < -0.3 is 9.47 Å². The summed E-state index contributed by atoms with van der Waals surface area (Å²) in [6.07, 6.45) is 1.64. The maximum atomic E-state index is 12.8. The van der Waals surface area contributed by atoms with Gasteiger partial charge in [-0.15, -0.1) is 0 Å². The van der Waals surface area contributed by atoms with E-state index in [9.17, 15) is 14.9 Å². The molecular formula is C25H17ClN2O4S. The summed E-state index contributed by atoms with van der Waals surface area (Å²) in [7, 11) is 1.52. The van der Waals surface area contributed by atoms with E-state index in [-0.39, 0.29) is 11.8 Å². The van der Waals surface area contributed by atoms with E-state index in [1.165, 1.54) is 7.11 Å². The molecule has 0 atom stereocenters. The molecule has 2 amide bonds. The number of methoxy groups -OCH3 is 1.